The van der Waals surface area contributed by atoms with Crippen LogP contribution in [0.4, 0.5) is 0 Å². The lowest BCUT2D eigenvalue weighted by atomic mass is 10.0. The van der Waals surface area contributed by atoms with E-state index < -0.39 is 5.97 Å². The minimum atomic E-state index is -1.23. The topological polar surface area (TPSA) is 87.1 Å². The molecule has 1 amide bonds. The number of carbonyl (C=O) groups is 2. The molecule has 0 saturated carbocycles. The number of aromatic carboxylic acids is 1. The summed E-state index contributed by atoms with van der Waals surface area (Å²) < 4.78 is 2.06. The van der Waals surface area contributed by atoms with Crippen molar-refractivity contribution in [1.29, 1.82) is 0 Å². The molecule has 1 atom stereocenters. The molecule has 0 bridgehead atoms. The van der Waals surface area contributed by atoms with Gasteiger partial charge in [-0.2, -0.15) is 0 Å². The maximum absolute atomic E-state index is 12.4. The van der Waals surface area contributed by atoms with Gasteiger partial charge in [0.15, 0.2) is 0 Å². The molecule has 0 aliphatic carbocycles. The van der Waals surface area contributed by atoms with Crippen molar-refractivity contribution in [2.45, 2.75) is 52.1 Å². The summed E-state index contributed by atoms with van der Waals surface area (Å²) in [5.74, 6) is -0.533. The van der Waals surface area contributed by atoms with Crippen molar-refractivity contribution in [2.24, 2.45) is 0 Å². The fourth-order valence-electron chi connectivity index (χ4n) is 3.58. The van der Waals surface area contributed by atoms with Gasteiger partial charge in [0.2, 0.25) is 5.91 Å². The largest absolute Gasteiger partial charge is 0.545 e. The lowest BCUT2D eigenvalue weighted by Gasteiger charge is -2.22. The first-order valence-corrected chi connectivity index (χ1v) is 9.97. The second-order valence-electron chi connectivity index (χ2n) is 7.48. The minimum Gasteiger partial charge on any atom is -0.545 e. The summed E-state index contributed by atoms with van der Waals surface area (Å²) >= 11 is 0. The maximum atomic E-state index is 12.4. The standard InChI is InChI=1S/C23H27N3O3/c1-4-8-21(27)24-19(13-16-9-6-5-7-10-16)22-25-18-14-17(23(28)29)11-12-20(18)26(22)15(2)3/h5-7,9-12,14-15,19H,4,8,13H2,1-3H3,(H,24,27)(H,28,29)/p-1/t19-/m0/s1. The van der Waals surface area contributed by atoms with E-state index in [9.17, 15) is 14.7 Å². The smallest absolute Gasteiger partial charge is 0.220 e. The normalized spacial score (nSPS) is 12.3. The molecule has 0 radical (unpaired) electrons. The highest BCUT2D eigenvalue weighted by molar-refractivity contribution is 5.91. The first kappa shape index (κ1) is 20.6. The Kier molecular flexibility index (Phi) is 6.32. The van der Waals surface area contributed by atoms with E-state index in [4.69, 9.17) is 4.98 Å². The fourth-order valence-corrected chi connectivity index (χ4v) is 3.58. The summed E-state index contributed by atoms with van der Waals surface area (Å²) in [5.41, 5.74) is 2.60. The summed E-state index contributed by atoms with van der Waals surface area (Å²) in [7, 11) is 0. The summed E-state index contributed by atoms with van der Waals surface area (Å²) in [6.07, 6.45) is 1.81. The zero-order valence-corrected chi connectivity index (χ0v) is 17.0. The molecule has 6 heteroatoms. The highest BCUT2D eigenvalue weighted by atomic mass is 16.4. The summed E-state index contributed by atoms with van der Waals surface area (Å²) in [5, 5.41) is 14.4. The van der Waals surface area contributed by atoms with E-state index in [2.05, 4.69) is 9.88 Å². The summed E-state index contributed by atoms with van der Waals surface area (Å²) in [6, 6.07) is 14.5. The lowest BCUT2D eigenvalue weighted by molar-refractivity contribution is -0.255. The summed E-state index contributed by atoms with van der Waals surface area (Å²) in [4.78, 5) is 28.4. The number of carbonyl (C=O) groups excluding carboxylic acids is 2. The van der Waals surface area contributed by atoms with Gasteiger partial charge >= 0.3 is 0 Å². The third kappa shape index (κ3) is 4.65. The Labute approximate surface area is 170 Å². The molecular weight excluding hydrogens is 366 g/mol. The van der Waals surface area contributed by atoms with Gasteiger partial charge in [0.25, 0.3) is 0 Å². The lowest BCUT2D eigenvalue weighted by Crippen LogP contribution is -2.32. The van der Waals surface area contributed by atoms with Crippen molar-refractivity contribution in [2.75, 3.05) is 0 Å². The number of hydrogen-bond acceptors (Lipinski definition) is 4. The van der Waals surface area contributed by atoms with Gasteiger partial charge in [-0.05, 0) is 49.9 Å². The Balaban J connectivity index is 2.10. The number of benzene rings is 2. The van der Waals surface area contributed by atoms with Crippen molar-refractivity contribution in [3.63, 3.8) is 0 Å². The number of hydrogen-bond donors (Lipinski definition) is 1. The molecule has 0 unspecified atom stereocenters. The van der Waals surface area contributed by atoms with Crippen LogP contribution >= 0.6 is 0 Å². The minimum absolute atomic E-state index is 0.0220. The molecule has 3 rings (SSSR count). The molecule has 152 valence electrons. The third-order valence-electron chi connectivity index (χ3n) is 4.88. The van der Waals surface area contributed by atoms with E-state index in [0.29, 0.717) is 18.4 Å². The SMILES string of the molecule is CCCC(=O)N[C@@H](Cc1ccccc1)c1nc2cc(C(=O)[O-])ccc2n1C(C)C. The van der Waals surface area contributed by atoms with Crippen LogP contribution in [0.2, 0.25) is 0 Å². The number of carboxylic acid groups (broad SMARTS) is 1. The predicted molar refractivity (Wildman–Crippen MR) is 110 cm³/mol. The number of rotatable bonds is 8. The van der Waals surface area contributed by atoms with Crippen molar-refractivity contribution < 1.29 is 14.7 Å². The monoisotopic (exact) mass is 392 g/mol. The Morgan fingerprint density at radius 1 is 1.14 bits per heavy atom. The first-order chi connectivity index (χ1) is 13.9. The van der Waals surface area contributed by atoms with Gasteiger partial charge in [0, 0.05) is 12.5 Å². The number of carboxylic acids is 1. The highest BCUT2D eigenvalue weighted by Crippen LogP contribution is 2.28. The number of nitrogens with one attached hydrogen (secondary N) is 1. The Bertz CT molecular complexity index is 1010. The molecular formula is C23H26N3O3-. The Morgan fingerprint density at radius 3 is 2.48 bits per heavy atom. The van der Waals surface area contributed by atoms with Crippen molar-refractivity contribution in [3.05, 3.63) is 65.5 Å². The fraction of sp³-hybridized carbons (Fsp3) is 0.348. The maximum Gasteiger partial charge on any atom is 0.220 e. The van der Waals surface area contributed by atoms with Gasteiger partial charge < -0.3 is 19.8 Å². The van der Waals surface area contributed by atoms with Crippen LogP contribution in [0, 0.1) is 0 Å². The van der Waals surface area contributed by atoms with Crippen molar-refractivity contribution >= 4 is 22.9 Å². The number of aromatic nitrogens is 2. The average molecular weight is 392 g/mol. The van der Waals surface area contributed by atoms with Crippen molar-refractivity contribution in [3.8, 4) is 0 Å². The molecule has 2 aromatic carbocycles. The molecule has 1 heterocycles. The number of amides is 1. The van der Waals surface area contributed by atoms with Gasteiger partial charge in [-0.15, -0.1) is 0 Å². The van der Waals surface area contributed by atoms with E-state index in [-0.39, 0.29) is 23.6 Å². The second-order valence-corrected chi connectivity index (χ2v) is 7.48. The van der Waals surface area contributed by atoms with Gasteiger partial charge in [0.1, 0.15) is 5.82 Å². The van der Waals surface area contributed by atoms with Gasteiger partial charge in [-0.1, -0.05) is 43.3 Å². The summed E-state index contributed by atoms with van der Waals surface area (Å²) in [6.45, 7) is 6.06. The molecule has 0 spiro atoms. The molecule has 0 fully saturated rings. The molecule has 0 aliphatic rings. The first-order valence-electron chi connectivity index (χ1n) is 9.97. The van der Waals surface area contributed by atoms with E-state index in [1.165, 1.54) is 12.1 Å². The van der Waals surface area contributed by atoms with Crippen LogP contribution in [0.15, 0.2) is 48.5 Å². The molecule has 3 aromatic rings. The second kappa shape index (κ2) is 8.90. The molecule has 0 aliphatic heterocycles. The van der Waals surface area contributed by atoms with E-state index >= 15 is 0 Å². The van der Waals surface area contributed by atoms with E-state index in [0.717, 1.165) is 23.3 Å². The van der Waals surface area contributed by atoms with Crippen LogP contribution in [-0.2, 0) is 11.2 Å². The predicted octanol–water partition coefficient (Wildman–Crippen LogP) is 3.18. The number of nitrogens with zero attached hydrogens (tertiary/aromatic N) is 2. The average Bonchev–Trinajstić information content (AvgIpc) is 3.07. The quantitative estimate of drug-likeness (QED) is 0.638. The Morgan fingerprint density at radius 2 is 1.86 bits per heavy atom. The highest BCUT2D eigenvalue weighted by Gasteiger charge is 2.24. The number of imidazole rings is 1. The van der Waals surface area contributed by atoms with Crippen LogP contribution in [0.3, 0.4) is 0 Å². The zero-order chi connectivity index (χ0) is 21.0. The van der Waals surface area contributed by atoms with Crippen LogP contribution in [0.5, 0.6) is 0 Å². The molecule has 29 heavy (non-hydrogen) atoms. The van der Waals surface area contributed by atoms with Crippen LogP contribution in [-0.4, -0.2) is 21.4 Å². The van der Waals surface area contributed by atoms with Gasteiger partial charge in [-0.3, -0.25) is 4.79 Å². The van der Waals surface area contributed by atoms with E-state index in [1.54, 1.807) is 6.07 Å². The van der Waals surface area contributed by atoms with Crippen molar-refractivity contribution in [1.82, 2.24) is 14.9 Å². The molecule has 1 N–H and O–H groups in total. The molecule has 6 nitrogen and oxygen atoms in total. The van der Waals surface area contributed by atoms with Crippen LogP contribution in [0.1, 0.15) is 67.4 Å². The van der Waals surface area contributed by atoms with Gasteiger partial charge in [-0.25, -0.2) is 4.98 Å². The van der Waals surface area contributed by atoms with Crippen LogP contribution in [0.25, 0.3) is 11.0 Å². The van der Waals surface area contributed by atoms with Crippen LogP contribution < -0.4 is 10.4 Å². The molecule has 0 saturated heterocycles. The number of fused-ring (bicyclic) bond motifs is 1. The molecule has 1 aromatic heterocycles. The Hall–Kier alpha value is -3.15. The van der Waals surface area contributed by atoms with E-state index in [1.807, 2.05) is 51.1 Å². The van der Waals surface area contributed by atoms with Gasteiger partial charge in [0.05, 0.1) is 23.0 Å². The third-order valence-corrected chi connectivity index (χ3v) is 4.88. The zero-order valence-electron chi connectivity index (χ0n) is 17.0.